The molecule has 1 aromatic carbocycles. The average molecular weight is 218 g/mol. The van der Waals surface area contributed by atoms with E-state index in [0.717, 1.165) is 30.0 Å². The van der Waals surface area contributed by atoms with Crippen LogP contribution in [0.5, 0.6) is 5.95 Å². The summed E-state index contributed by atoms with van der Waals surface area (Å²) in [5.41, 5.74) is 0. The van der Waals surface area contributed by atoms with Gasteiger partial charge in [-0.3, -0.25) is 0 Å². The Balaban J connectivity index is 1.89. The van der Waals surface area contributed by atoms with Crippen LogP contribution in [0.3, 0.4) is 0 Å². The fourth-order valence-electron chi connectivity index (χ4n) is 2.24. The maximum Gasteiger partial charge on any atom is 0.292 e. The number of ether oxygens (including phenoxy) is 1. The van der Waals surface area contributed by atoms with Gasteiger partial charge in [-0.1, -0.05) is 18.2 Å². The van der Waals surface area contributed by atoms with Crippen LogP contribution in [-0.2, 0) is 0 Å². The second-order valence-corrected chi connectivity index (χ2v) is 4.26. The van der Waals surface area contributed by atoms with Gasteiger partial charge in [0.25, 0.3) is 5.95 Å². The minimum Gasteiger partial charge on any atom is -0.459 e. The molecule has 3 nitrogen and oxygen atoms in total. The van der Waals surface area contributed by atoms with Gasteiger partial charge in [0.15, 0.2) is 0 Å². The van der Waals surface area contributed by atoms with Gasteiger partial charge in [-0.25, -0.2) is 0 Å². The molecule has 1 aromatic heterocycles. The highest BCUT2D eigenvalue weighted by atomic mass is 16.6. The van der Waals surface area contributed by atoms with Crippen molar-refractivity contribution in [2.45, 2.75) is 31.5 Å². The van der Waals surface area contributed by atoms with Crippen molar-refractivity contribution >= 4 is 10.8 Å². The Kier molecular flexibility index (Phi) is 2.33. The van der Waals surface area contributed by atoms with Crippen LogP contribution in [0, 0.1) is 0 Å². The molecule has 0 bridgehead atoms. The molecule has 1 aliphatic carbocycles. The lowest BCUT2D eigenvalue weighted by molar-refractivity contribution is 0.0459. The highest BCUT2D eigenvalue weighted by molar-refractivity contribution is 5.86. The van der Waals surface area contributed by atoms with Gasteiger partial charge in [0.2, 0.25) is 0 Å². The normalized spacial score (nSPS) is 25.1. The van der Waals surface area contributed by atoms with Crippen molar-refractivity contribution in [2.75, 3.05) is 0 Å². The first kappa shape index (κ1) is 9.73. The lowest BCUT2D eigenvalue weighted by Crippen LogP contribution is -2.25. The zero-order valence-electron chi connectivity index (χ0n) is 8.93. The summed E-state index contributed by atoms with van der Waals surface area (Å²) >= 11 is 0. The van der Waals surface area contributed by atoms with E-state index in [4.69, 9.17) is 9.15 Å². The summed E-state index contributed by atoms with van der Waals surface area (Å²) in [6.07, 6.45) is 3.95. The summed E-state index contributed by atoms with van der Waals surface area (Å²) in [5, 5.41) is 11.7. The molecule has 1 aliphatic rings. The van der Waals surface area contributed by atoms with Gasteiger partial charge in [-0.2, -0.15) is 0 Å². The topological polar surface area (TPSA) is 42.6 Å². The Morgan fingerprint density at radius 1 is 1.25 bits per heavy atom. The van der Waals surface area contributed by atoms with Gasteiger partial charge >= 0.3 is 0 Å². The van der Waals surface area contributed by atoms with Gasteiger partial charge in [0.1, 0.15) is 12.4 Å². The molecule has 1 fully saturated rings. The number of aliphatic hydroxyl groups is 1. The SMILES string of the molecule is OC1CCCC1Oc1occ2ccccc12. The molecule has 0 saturated heterocycles. The van der Waals surface area contributed by atoms with Gasteiger partial charge < -0.3 is 14.3 Å². The lowest BCUT2D eigenvalue weighted by Gasteiger charge is -2.14. The van der Waals surface area contributed by atoms with Crippen LogP contribution in [0.2, 0.25) is 0 Å². The summed E-state index contributed by atoms with van der Waals surface area (Å²) in [5.74, 6) is 0.529. The zero-order valence-corrected chi connectivity index (χ0v) is 8.93. The third-order valence-corrected chi connectivity index (χ3v) is 3.15. The van der Waals surface area contributed by atoms with Crippen molar-refractivity contribution in [1.29, 1.82) is 0 Å². The summed E-state index contributed by atoms with van der Waals surface area (Å²) in [6, 6.07) is 7.87. The predicted molar refractivity (Wildman–Crippen MR) is 60.5 cm³/mol. The largest absolute Gasteiger partial charge is 0.459 e. The van der Waals surface area contributed by atoms with Gasteiger partial charge in [-0.05, 0) is 25.3 Å². The molecule has 16 heavy (non-hydrogen) atoms. The molecular weight excluding hydrogens is 204 g/mol. The van der Waals surface area contributed by atoms with E-state index in [2.05, 4.69) is 0 Å². The van der Waals surface area contributed by atoms with E-state index >= 15 is 0 Å². The third kappa shape index (κ3) is 1.57. The lowest BCUT2D eigenvalue weighted by atomic mass is 10.2. The van der Waals surface area contributed by atoms with Crippen LogP contribution in [0.1, 0.15) is 19.3 Å². The fourth-order valence-corrected chi connectivity index (χ4v) is 2.24. The van der Waals surface area contributed by atoms with Crippen molar-refractivity contribution in [3.63, 3.8) is 0 Å². The molecule has 2 atom stereocenters. The highest BCUT2D eigenvalue weighted by Crippen LogP contribution is 2.31. The number of hydrogen-bond acceptors (Lipinski definition) is 3. The van der Waals surface area contributed by atoms with Crippen molar-refractivity contribution in [2.24, 2.45) is 0 Å². The number of benzene rings is 1. The molecule has 2 aromatic rings. The van der Waals surface area contributed by atoms with Crippen LogP contribution in [0.15, 0.2) is 34.9 Å². The van der Waals surface area contributed by atoms with E-state index in [0.29, 0.717) is 5.95 Å². The summed E-state index contributed by atoms with van der Waals surface area (Å²) < 4.78 is 11.1. The predicted octanol–water partition coefficient (Wildman–Crippen LogP) is 2.73. The van der Waals surface area contributed by atoms with Crippen LogP contribution in [0.25, 0.3) is 10.8 Å². The highest BCUT2D eigenvalue weighted by Gasteiger charge is 2.28. The molecule has 1 saturated carbocycles. The molecule has 3 rings (SSSR count). The Morgan fingerprint density at radius 3 is 2.94 bits per heavy atom. The molecular formula is C13H14O3. The second kappa shape index (κ2) is 3.83. The Hall–Kier alpha value is -1.48. The number of aliphatic hydroxyl groups excluding tert-OH is 1. The summed E-state index contributed by atoms with van der Waals surface area (Å²) in [7, 11) is 0. The number of fused-ring (bicyclic) bond motifs is 1. The Morgan fingerprint density at radius 2 is 2.12 bits per heavy atom. The van der Waals surface area contributed by atoms with Crippen LogP contribution in [0.4, 0.5) is 0 Å². The van der Waals surface area contributed by atoms with E-state index in [9.17, 15) is 5.11 Å². The molecule has 0 aliphatic heterocycles. The molecule has 3 heteroatoms. The first-order valence-corrected chi connectivity index (χ1v) is 5.65. The molecule has 0 spiro atoms. The molecule has 0 amide bonds. The Labute approximate surface area is 93.6 Å². The van der Waals surface area contributed by atoms with E-state index in [-0.39, 0.29) is 12.2 Å². The minimum atomic E-state index is -0.358. The first-order valence-electron chi connectivity index (χ1n) is 5.65. The molecule has 84 valence electrons. The van der Waals surface area contributed by atoms with Crippen LogP contribution in [-0.4, -0.2) is 17.3 Å². The van der Waals surface area contributed by atoms with Gasteiger partial charge in [0.05, 0.1) is 11.5 Å². The summed E-state index contributed by atoms with van der Waals surface area (Å²) in [6.45, 7) is 0. The van der Waals surface area contributed by atoms with Gasteiger partial charge in [0, 0.05) is 5.39 Å². The maximum absolute atomic E-state index is 9.69. The minimum absolute atomic E-state index is 0.116. The van der Waals surface area contributed by atoms with Gasteiger partial charge in [-0.15, -0.1) is 0 Å². The Bertz CT molecular complexity index is 489. The smallest absolute Gasteiger partial charge is 0.292 e. The third-order valence-electron chi connectivity index (χ3n) is 3.15. The molecule has 2 unspecified atom stereocenters. The van der Waals surface area contributed by atoms with Crippen molar-refractivity contribution < 1.29 is 14.3 Å². The van der Waals surface area contributed by atoms with Crippen molar-refractivity contribution in [1.82, 2.24) is 0 Å². The fraction of sp³-hybridized carbons (Fsp3) is 0.385. The van der Waals surface area contributed by atoms with E-state index < -0.39 is 0 Å². The molecule has 0 radical (unpaired) electrons. The second-order valence-electron chi connectivity index (χ2n) is 4.26. The standard InChI is InChI=1S/C13H14O3/c14-11-6-3-7-12(11)16-13-10-5-2-1-4-9(10)8-15-13/h1-2,4-5,8,11-12,14H,3,6-7H2. The van der Waals surface area contributed by atoms with E-state index in [1.54, 1.807) is 6.26 Å². The number of hydrogen-bond donors (Lipinski definition) is 1. The zero-order chi connectivity index (χ0) is 11.0. The monoisotopic (exact) mass is 218 g/mol. The van der Waals surface area contributed by atoms with Crippen molar-refractivity contribution in [3.05, 3.63) is 30.5 Å². The molecule has 1 N–H and O–H groups in total. The van der Waals surface area contributed by atoms with Crippen LogP contribution >= 0.6 is 0 Å². The maximum atomic E-state index is 9.69. The first-order chi connectivity index (χ1) is 7.84. The van der Waals surface area contributed by atoms with Crippen molar-refractivity contribution in [3.8, 4) is 5.95 Å². The number of furan rings is 1. The van der Waals surface area contributed by atoms with E-state index in [1.807, 2.05) is 24.3 Å². The number of rotatable bonds is 2. The molecule has 1 heterocycles. The van der Waals surface area contributed by atoms with E-state index in [1.165, 1.54) is 0 Å². The van der Waals surface area contributed by atoms with Crippen LogP contribution < -0.4 is 4.74 Å². The average Bonchev–Trinajstić information content (AvgIpc) is 2.88. The summed E-state index contributed by atoms with van der Waals surface area (Å²) in [4.78, 5) is 0. The quantitative estimate of drug-likeness (QED) is 0.842.